The van der Waals surface area contributed by atoms with Crippen LogP contribution in [-0.2, 0) is 20.5 Å². The van der Waals surface area contributed by atoms with Crippen LogP contribution in [0.4, 0.5) is 18.9 Å². The van der Waals surface area contributed by atoms with Crippen molar-refractivity contribution in [3.05, 3.63) is 119 Å². The van der Waals surface area contributed by atoms with Gasteiger partial charge in [0.05, 0.1) is 41.6 Å². The summed E-state index contributed by atoms with van der Waals surface area (Å²) in [6.45, 7) is 1.18. The van der Waals surface area contributed by atoms with Crippen molar-refractivity contribution in [2.45, 2.75) is 19.1 Å². The van der Waals surface area contributed by atoms with Gasteiger partial charge < -0.3 is 19.5 Å². The van der Waals surface area contributed by atoms with Gasteiger partial charge in [0, 0.05) is 10.2 Å². The fourth-order valence-corrected chi connectivity index (χ4v) is 6.31. The van der Waals surface area contributed by atoms with Gasteiger partial charge in [0.25, 0.3) is 11.5 Å². The summed E-state index contributed by atoms with van der Waals surface area (Å²) >= 11 is 4.63. The second-order valence-corrected chi connectivity index (χ2v) is 11.8. The Morgan fingerprint density at radius 3 is 2.48 bits per heavy atom. The molecule has 9 nitrogen and oxygen atoms in total. The molecule has 3 aromatic carbocycles. The molecule has 0 saturated heterocycles. The van der Waals surface area contributed by atoms with Crippen molar-refractivity contribution in [2.24, 2.45) is 4.99 Å². The minimum absolute atomic E-state index is 0.0308. The summed E-state index contributed by atoms with van der Waals surface area (Å²) < 4.78 is 57.4. The molecule has 1 aliphatic rings. The number of thiazole rings is 1. The molecule has 1 atom stereocenters. The van der Waals surface area contributed by atoms with Crippen LogP contribution in [0.1, 0.15) is 29.7 Å². The lowest BCUT2D eigenvalue weighted by molar-refractivity contribution is -0.138. The van der Waals surface area contributed by atoms with Crippen LogP contribution in [0, 0.1) is 0 Å². The molecule has 1 amide bonds. The van der Waals surface area contributed by atoms with E-state index < -0.39 is 36.3 Å². The van der Waals surface area contributed by atoms with Gasteiger partial charge in [-0.1, -0.05) is 63.7 Å². The molecule has 1 N–H and O–H groups in total. The fraction of sp³-hybridized carbons (Fsp3) is 0.188. The number of alkyl halides is 3. The monoisotopic (exact) mass is 715 g/mol. The summed E-state index contributed by atoms with van der Waals surface area (Å²) in [5.74, 6) is -0.858. The Labute approximate surface area is 272 Å². The Hall–Kier alpha value is -4.69. The molecule has 0 fully saturated rings. The minimum atomic E-state index is -4.55. The zero-order valence-electron chi connectivity index (χ0n) is 24.5. The van der Waals surface area contributed by atoms with Crippen molar-refractivity contribution >= 4 is 50.9 Å². The Morgan fingerprint density at radius 1 is 1.07 bits per heavy atom. The Morgan fingerprint density at radius 2 is 1.80 bits per heavy atom. The number of benzene rings is 3. The normalized spacial score (nSPS) is 14.8. The summed E-state index contributed by atoms with van der Waals surface area (Å²) in [4.78, 5) is 44.0. The molecule has 14 heteroatoms. The number of methoxy groups -OCH3 is 2. The second kappa shape index (κ2) is 13.3. The number of esters is 1. The van der Waals surface area contributed by atoms with Crippen molar-refractivity contribution in [1.82, 2.24) is 4.57 Å². The number of nitrogens with zero attached hydrogens (tertiary/aromatic N) is 2. The number of anilines is 1. The number of aromatic nitrogens is 1. The SMILES string of the molecule is COC(=O)C1=C(C)N=c2s/c(=C\c3cc(OC)c(OCC(=O)Nc4cccc(C(F)(F)F)c4)cc3Br)c(=O)n2[C@@H]1c1ccccc1. The maximum Gasteiger partial charge on any atom is 0.416 e. The van der Waals surface area contributed by atoms with Gasteiger partial charge >= 0.3 is 12.1 Å². The number of hydrogen-bond acceptors (Lipinski definition) is 8. The zero-order valence-corrected chi connectivity index (χ0v) is 26.9. The number of carbonyl (C=O) groups excluding carboxylic acids is 2. The highest BCUT2D eigenvalue weighted by molar-refractivity contribution is 9.10. The summed E-state index contributed by atoms with van der Waals surface area (Å²) in [6.07, 6.45) is -2.91. The molecular formula is C32H25BrF3N3O6S. The molecule has 0 unspecified atom stereocenters. The van der Waals surface area contributed by atoms with E-state index in [1.807, 2.05) is 30.3 Å². The van der Waals surface area contributed by atoms with E-state index >= 15 is 0 Å². The molecule has 4 aromatic rings. The highest BCUT2D eigenvalue weighted by Gasteiger charge is 2.33. The molecule has 1 aromatic heterocycles. The van der Waals surface area contributed by atoms with Crippen molar-refractivity contribution in [3.63, 3.8) is 0 Å². The van der Waals surface area contributed by atoms with Crippen LogP contribution in [0.3, 0.4) is 0 Å². The lowest BCUT2D eigenvalue weighted by atomic mass is 9.96. The van der Waals surface area contributed by atoms with Crippen molar-refractivity contribution < 1.29 is 37.0 Å². The molecular weight excluding hydrogens is 691 g/mol. The van der Waals surface area contributed by atoms with E-state index in [1.54, 1.807) is 25.1 Å². The van der Waals surface area contributed by atoms with E-state index in [9.17, 15) is 27.6 Å². The van der Waals surface area contributed by atoms with Crippen LogP contribution in [0.25, 0.3) is 6.08 Å². The number of ether oxygens (including phenoxy) is 3. The van der Waals surface area contributed by atoms with Gasteiger partial charge in [-0.25, -0.2) is 9.79 Å². The van der Waals surface area contributed by atoms with E-state index in [4.69, 9.17) is 14.2 Å². The lowest BCUT2D eigenvalue weighted by Crippen LogP contribution is -2.39. The van der Waals surface area contributed by atoms with E-state index in [0.717, 1.165) is 23.5 Å². The first-order valence-corrected chi connectivity index (χ1v) is 15.2. The number of rotatable bonds is 8. The van der Waals surface area contributed by atoms with Gasteiger partial charge in [0.15, 0.2) is 22.9 Å². The Balaban J connectivity index is 1.44. The standard InChI is InChI=1S/C32H25BrF3N3O6S/c1-17-27(30(42)44-3)28(18-8-5-4-6-9-18)39-29(41)25(46-31(39)37-17)13-19-12-23(43-2)24(15-22(19)33)45-16-26(40)38-21-11-7-10-20(14-21)32(34,35)36/h4-15,28H,16H2,1-3H3,(H,38,40)/b25-13-/t28-/m1/s1. The number of hydrogen-bond donors (Lipinski definition) is 1. The van der Waals surface area contributed by atoms with Gasteiger partial charge in [0.1, 0.15) is 0 Å². The number of carbonyl (C=O) groups is 2. The number of fused-ring (bicyclic) bond motifs is 1. The Kier molecular flexibility index (Phi) is 9.49. The quantitative estimate of drug-likeness (QED) is 0.251. The largest absolute Gasteiger partial charge is 0.493 e. The van der Waals surface area contributed by atoms with Crippen molar-refractivity contribution in [3.8, 4) is 11.5 Å². The van der Waals surface area contributed by atoms with E-state index in [0.29, 0.717) is 30.6 Å². The predicted molar refractivity (Wildman–Crippen MR) is 168 cm³/mol. The number of halogens is 4. The third-order valence-corrected chi connectivity index (χ3v) is 8.61. The summed E-state index contributed by atoms with van der Waals surface area (Å²) in [6, 6.07) is 15.8. The first kappa shape index (κ1) is 32.7. The first-order valence-electron chi connectivity index (χ1n) is 13.5. The zero-order chi connectivity index (χ0) is 33.2. The molecule has 0 spiro atoms. The van der Waals surface area contributed by atoms with Crippen LogP contribution >= 0.6 is 27.3 Å². The van der Waals surface area contributed by atoms with Gasteiger partial charge in [-0.15, -0.1) is 0 Å². The van der Waals surface area contributed by atoms with Crippen LogP contribution in [0.2, 0.25) is 0 Å². The molecule has 46 heavy (non-hydrogen) atoms. The number of allylic oxidation sites excluding steroid dienone is 1. The smallest absolute Gasteiger partial charge is 0.416 e. The molecule has 0 saturated carbocycles. The predicted octanol–water partition coefficient (Wildman–Crippen LogP) is 5.22. The van der Waals surface area contributed by atoms with Crippen LogP contribution < -0.4 is 29.7 Å². The summed E-state index contributed by atoms with van der Waals surface area (Å²) in [7, 11) is 2.67. The van der Waals surface area contributed by atoms with Gasteiger partial charge in [-0.2, -0.15) is 13.2 Å². The van der Waals surface area contributed by atoms with Crippen LogP contribution in [0.15, 0.2) is 92.3 Å². The summed E-state index contributed by atoms with van der Waals surface area (Å²) in [5.41, 5.74) is 0.661. The molecule has 5 rings (SSSR count). The third kappa shape index (κ3) is 6.77. The van der Waals surface area contributed by atoms with E-state index in [2.05, 4.69) is 26.2 Å². The number of amides is 1. The second-order valence-electron chi connectivity index (χ2n) is 9.92. The van der Waals surface area contributed by atoms with Crippen LogP contribution in [0.5, 0.6) is 11.5 Å². The van der Waals surface area contributed by atoms with E-state index in [-0.39, 0.29) is 28.3 Å². The maximum atomic E-state index is 13.8. The molecule has 0 aliphatic carbocycles. The van der Waals surface area contributed by atoms with Crippen molar-refractivity contribution in [1.29, 1.82) is 0 Å². The molecule has 2 heterocycles. The highest BCUT2D eigenvalue weighted by Crippen LogP contribution is 2.35. The third-order valence-electron chi connectivity index (χ3n) is 6.94. The molecule has 0 bridgehead atoms. The van der Waals surface area contributed by atoms with Crippen LogP contribution in [-0.4, -0.2) is 37.3 Å². The van der Waals surface area contributed by atoms with Gasteiger partial charge in [-0.05, 0) is 54.5 Å². The fourth-order valence-electron chi connectivity index (χ4n) is 4.83. The topological polar surface area (TPSA) is 108 Å². The minimum Gasteiger partial charge on any atom is -0.493 e. The average molecular weight is 717 g/mol. The lowest BCUT2D eigenvalue weighted by Gasteiger charge is -2.24. The van der Waals surface area contributed by atoms with Gasteiger partial charge in [0.2, 0.25) is 0 Å². The maximum absolute atomic E-state index is 13.8. The number of nitrogens with one attached hydrogen (secondary N) is 1. The highest BCUT2D eigenvalue weighted by atomic mass is 79.9. The molecule has 238 valence electrons. The first-order chi connectivity index (χ1) is 21.9. The van der Waals surface area contributed by atoms with Crippen molar-refractivity contribution in [2.75, 3.05) is 26.1 Å². The molecule has 1 aliphatic heterocycles. The Bertz CT molecular complexity index is 2040. The molecule has 0 radical (unpaired) electrons. The van der Waals surface area contributed by atoms with Gasteiger partial charge in [-0.3, -0.25) is 14.2 Å². The summed E-state index contributed by atoms with van der Waals surface area (Å²) in [5, 5.41) is 2.38. The average Bonchev–Trinajstić information content (AvgIpc) is 3.33. The van der Waals surface area contributed by atoms with E-state index in [1.165, 1.54) is 30.9 Å².